The van der Waals surface area contributed by atoms with Crippen LogP contribution in [0.2, 0.25) is 0 Å². The van der Waals surface area contributed by atoms with Crippen molar-refractivity contribution >= 4 is 10.0 Å². The maximum atomic E-state index is 14.0. The van der Waals surface area contributed by atoms with Crippen molar-refractivity contribution in [3.63, 3.8) is 0 Å². The van der Waals surface area contributed by atoms with E-state index in [4.69, 9.17) is 5.14 Å². The second kappa shape index (κ2) is 6.27. The van der Waals surface area contributed by atoms with Crippen LogP contribution in [0.25, 0.3) is 0 Å². The van der Waals surface area contributed by atoms with Gasteiger partial charge >= 0.3 is 0 Å². The first-order chi connectivity index (χ1) is 11.3. The number of benzene rings is 2. The molecule has 0 amide bonds. The van der Waals surface area contributed by atoms with Gasteiger partial charge in [-0.1, -0.05) is 30.3 Å². The maximum absolute atomic E-state index is 14.0. The first-order valence-corrected chi connectivity index (χ1v) is 9.48. The summed E-state index contributed by atoms with van der Waals surface area (Å²) in [6.07, 6.45) is 1.94. The molecule has 0 spiro atoms. The molecule has 0 bridgehead atoms. The number of hydrogen-bond donors (Lipinski definition) is 2. The molecule has 3 rings (SSSR count). The molecule has 1 fully saturated rings. The highest BCUT2D eigenvalue weighted by molar-refractivity contribution is 7.89. The molecule has 4 nitrogen and oxygen atoms in total. The van der Waals surface area contributed by atoms with Crippen LogP contribution in [0.15, 0.2) is 53.4 Å². The van der Waals surface area contributed by atoms with Crippen molar-refractivity contribution < 1.29 is 12.8 Å². The topological polar surface area (TPSA) is 72.2 Å². The van der Waals surface area contributed by atoms with Gasteiger partial charge in [0.1, 0.15) is 5.82 Å². The lowest BCUT2D eigenvalue weighted by Crippen LogP contribution is -2.30. The fourth-order valence-electron chi connectivity index (χ4n) is 3.00. The highest BCUT2D eigenvalue weighted by atomic mass is 32.2. The Hall–Kier alpha value is -1.76. The van der Waals surface area contributed by atoms with Crippen LogP contribution in [-0.2, 0) is 15.4 Å². The van der Waals surface area contributed by atoms with Crippen molar-refractivity contribution in [1.82, 2.24) is 5.32 Å². The molecule has 1 saturated carbocycles. The lowest BCUT2D eigenvalue weighted by atomic mass is 9.94. The predicted octanol–water partition coefficient (Wildman–Crippen LogP) is 2.86. The monoisotopic (exact) mass is 348 g/mol. The van der Waals surface area contributed by atoms with Gasteiger partial charge in [-0.25, -0.2) is 17.9 Å². The van der Waals surface area contributed by atoms with E-state index < -0.39 is 10.0 Å². The quantitative estimate of drug-likeness (QED) is 0.843. The molecule has 3 N–H and O–H groups in total. The lowest BCUT2D eigenvalue weighted by Gasteiger charge is -2.21. The smallest absolute Gasteiger partial charge is 0.238 e. The van der Waals surface area contributed by atoms with E-state index in [9.17, 15) is 12.8 Å². The minimum Gasteiger partial charge on any atom is -0.309 e. The Morgan fingerprint density at radius 1 is 1.17 bits per heavy atom. The second-order valence-electron chi connectivity index (χ2n) is 6.48. The Morgan fingerprint density at radius 2 is 1.79 bits per heavy atom. The van der Waals surface area contributed by atoms with Crippen molar-refractivity contribution in [1.29, 1.82) is 0 Å². The van der Waals surface area contributed by atoms with Crippen LogP contribution in [0.4, 0.5) is 4.39 Å². The summed E-state index contributed by atoms with van der Waals surface area (Å²) in [6, 6.07) is 13.5. The van der Waals surface area contributed by atoms with Crippen molar-refractivity contribution in [3.05, 3.63) is 65.5 Å². The highest BCUT2D eigenvalue weighted by Gasteiger charge is 2.45. The molecule has 2 aromatic carbocycles. The zero-order chi connectivity index (χ0) is 17.4. The summed E-state index contributed by atoms with van der Waals surface area (Å²) in [5.41, 5.74) is 1.61. The van der Waals surface area contributed by atoms with Crippen molar-refractivity contribution in [2.24, 2.45) is 5.14 Å². The Morgan fingerprint density at radius 3 is 2.33 bits per heavy atom. The summed E-state index contributed by atoms with van der Waals surface area (Å²) >= 11 is 0. The first kappa shape index (κ1) is 17.1. The van der Waals surface area contributed by atoms with E-state index in [0.29, 0.717) is 6.54 Å². The summed E-state index contributed by atoms with van der Waals surface area (Å²) in [5, 5.41) is 8.54. The summed E-state index contributed by atoms with van der Waals surface area (Å²) in [5.74, 6) is -0.151. The third kappa shape index (κ3) is 3.50. The summed E-state index contributed by atoms with van der Waals surface area (Å²) in [7, 11) is -3.67. The maximum Gasteiger partial charge on any atom is 0.238 e. The Kier molecular flexibility index (Phi) is 4.46. The van der Waals surface area contributed by atoms with Crippen LogP contribution in [0.3, 0.4) is 0 Å². The van der Waals surface area contributed by atoms with Crippen LogP contribution in [0.1, 0.15) is 36.9 Å². The zero-order valence-corrected chi connectivity index (χ0v) is 14.3. The van der Waals surface area contributed by atoms with E-state index >= 15 is 0 Å². The molecule has 24 heavy (non-hydrogen) atoms. The number of nitrogens with one attached hydrogen (secondary N) is 1. The van der Waals surface area contributed by atoms with Crippen molar-refractivity contribution in [2.45, 2.75) is 36.1 Å². The fraction of sp³-hybridized carbons (Fsp3) is 0.333. The van der Waals surface area contributed by atoms with Gasteiger partial charge in [-0.15, -0.1) is 0 Å². The van der Waals surface area contributed by atoms with Crippen LogP contribution >= 0.6 is 0 Å². The minimum atomic E-state index is -3.67. The number of sulfonamides is 1. The summed E-state index contributed by atoms with van der Waals surface area (Å²) in [6.45, 7) is 2.69. The van der Waals surface area contributed by atoms with E-state index in [1.54, 1.807) is 18.2 Å². The minimum absolute atomic E-state index is 0.0313. The average Bonchev–Trinajstić information content (AvgIpc) is 3.33. The molecule has 128 valence electrons. The van der Waals surface area contributed by atoms with Crippen LogP contribution in [-0.4, -0.2) is 15.0 Å². The third-order valence-electron chi connectivity index (χ3n) is 4.75. The van der Waals surface area contributed by atoms with Gasteiger partial charge in [-0.2, -0.15) is 0 Å². The van der Waals surface area contributed by atoms with E-state index in [1.165, 1.54) is 18.2 Å². The molecular formula is C18H21FN2O2S. The number of rotatable bonds is 6. The molecule has 0 saturated heterocycles. The predicted molar refractivity (Wildman–Crippen MR) is 91.5 cm³/mol. The number of nitrogens with two attached hydrogens (primary N) is 1. The molecule has 2 aromatic rings. The van der Waals surface area contributed by atoms with E-state index in [1.807, 2.05) is 19.1 Å². The molecule has 1 aliphatic carbocycles. The Balaban J connectivity index is 1.68. The molecule has 0 heterocycles. The van der Waals surface area contributed by atoms with E-state index in [-0.39, 0.29) is 22.2 Å². The third-order valence-corrected chi connectivity index (χ3v) is 5.68. The van der Waals surface area contributed by atoms with Crippen molar-refractivity contribution in [3.8, 4) is 0 Å². The Bertz CT molecular complexity index is 830. The summed E-state index contributed by atoms with van der Waals surface area (Å²) < 4.78 is 36.6. The molecule has 0 unspecified atom stereocenters. The van der Waals surface area contributed by atoms with Gasteiger partial charge in [0.2, 0.25) is 10.0 Å². The fourth-order valence-corrected chi connectivity index (χ4v) is 3.51. The second-order valence-corrected chi connectivity index (χ2v) is 8.04. The van der Waals surface area contributed by atoms with Gasteiger partial charge < -0.3 is 5.32 Å². The normalized spacial score (nSPS) is 17.5. The average molecular weight is 348 g/mol. The molecule has 1 aliphatic rings. The molecule has 6 heteroatoms. The van der Waals surface area contributed by atoms with E-state index in [2.05, 4.69) is 5.32 Å². The molecule has 1 atom stereocenters. The van der Waals surface area contributed by atoms with Gasteiger partial charge in [0, 0.05) is 18.0 Å². The van der Waals surface area contributed by atoms with Crippen LogP contribution < -0.4 is 10.5 Å². The van der Waals surface area contributed by atoms with Crippen molar-refractivity contribution in [2.75, 3.05) is 6.54 Å². The largest absolute Gasteiger partial charge is 0.309 e. The lowest BCUT2D eigenvalue weighted by molar-refractivity contribution is 0.491. The number of primary sulfonamides is 1. The number of halogens is 1. The van der Waals surface area contributed by atoms with Gasteiger partial charge in [0.05, 0.1) is 4.90 Å². The summed E-state index contributed by atoms with van der Waals surface area (Å²) in [4.78, 5) is 0.100. The van der Waals surface area contributed by atoms with Crippen LogP contribution in [0, 0.1) is 5.82 Å². The molecule has 0 aromatic heterocycles. The van der Waals surface area contributed by atoms with Gasteiger partial charge in [-0.3, -0.25) is 0 Å². The van der Waals surface area contributed by atoms with Gasteiger partial charge in [0.15, 0.2) is 0 Å². The molecular weight excluding hydrogens is 327 g/mol. The highest BCUT2D eigenvalue weighted by Crippen LogP contribution is 2.48. The molecule has 0 aliphatic heterocycles. The van der Waals surface area contributed by atoms with Gasteiger partial charge in [0.25, 0.3) is 0 Å². The Labute approximate surface area is 141 Å². The molecule has 0 radical (unpaired) electrons. The standard InChI is InChI=1S/C18H21FN2O2S/c1-13(14-6-8-15(9-7-14)24(20,22)23)21-12-18(10-11-18)16-4-2-3-5-17(16)19/h2-9,13,21H,10-12H2,1H3,(H2,20,22,23)/t13-/m0/s1. The van der Waals surface area contributed by atoms with Crippen LogP contribution in [0.5, 0.6) is 0 Å². The number of hydrogen-bond acceptors (Lipinski definition) is 3. The SMILES string of the molecule is C[C@H](NCC1(c2ccccc2F)CC1)c1ccc(S(N)(=O)=O)cc1. The van der Waals surface area contributed by atoms with E-state index in [0.717, 1.165) is 24.0 Å². The van der Waals surface area contributed by atoms with Gasteiger partial charge in [-0.05, 0) is 49.1 Å². The first-order valence-electron chi connectivity index (χ1n) is 7.93. The zero-order valence-electron chi connectivity index (χ0n) is 13.5.